The number of benzene rings is 2. The van der Waals surface area contributed by atoms with Crippen LogP contribution in [0.15, 0.2) is 53.5 Å². The average molecular weight is 410 g/mol. The Hall–Kier alpha value is -2.93. The SMILES string of the molecule is Cc1ccc(C)c(NC(=O)C[C@H]2SC(CC(=O)NCc3ccccc3)=NC2=O)c1. The maximum Gasteiger partial charge on any atom is 0.260 e. The van der Waals surface area contributed by atoms with E-state index in [1.165, 1.54) is 11.8 Å². The van der Waals surface area contributed by atoms with E-state index in [2.05, 4.69) is 15.6 Å². The van der Waals surface area contributed by atoms with Gasteiger partial charge in [0.1, 0.15) is 5.25 Å². The summed E-state index contributed by atoms with van der Waals surface area (Å²) in [5.74, 6) is -0.806. The molecule has 2 aromatic carbocycles. The molecule has 3 rings (SSSR count). The second kappa shape index (κ2) is 9.52. The number of rotatable bonds is 7. The van der Waals surface area contributed by atoms with Crippen LogP contribution in [0.3, 0.4) is 0 Å². The predicted molar refractivity (Wildman–Crippen MR) is 116 cm³/mol. The lowest BCUT2D eigenvalue weighted by Gasteiger charge is -2.11. The summed E-state index contributed by atoms with van der Waals surface area (Å²) in [5, 5.41) is 5.54. The van der Waals surface area contributed by atoms with E-state index in [4.69, 9.17) is 0 Å². The summed E-state index contributed by atoms with van der Waals surface area (Å²) in [5.41, 5.74) is 3.75. The predicted octanol–water partition coefficient (Wildman–Crippen LogP) is 3.38. The number of aryl methyl sites for hydroxylation is 2. The van der Waals surface area contributed by atoms with Crippen LogP contribution in [0, 0.1) is 13.8 Å². The Balaban J connectivity index is 1.47. The minimum Gasteiger partial charge on any atom is -0.352 e. The number of amides is 3. The molecule has 1 atom stereocenters. The number of nitrogens with one attached hydrogen (secondary N) is 2. The Morgan fingerprint density at radius 3 is 2.59 bits per heavy atom. The van der Waals surface area contributed by atoms with Gasteiger partial charge < -0.3 is 10.6 Å². The van der Waals surface area contributed by atoms with Gasteiger partial charge in [-0.2, -0.15) is 0 Å². The van der Waals surface area contributed by atoms with Crippen LogP contribution in [-0.2, 0) is 20.9 Å². The fourth-order valence-corrected chi connectivity index (χ4v) is 3.96. The standard InChI is InChI=1S/C22H23N3O3S/c1-14-8-9-15(2)17(10-14)24-20(27)11-18-22(28)25-21(29-18)12-19(26)23-13-16-6-4-3-5-7-16/h3-10,18H,11-13H2,1-2H3,(H,23,26)(H,24,27)/t18-/m1/s1. The zero-order valence-corrected chi connectivity index (χ0v) is 17.2. The van der Waals surface area contributed by atoms with Gasteiger partial charge in [-0.15, -0.1) is 0 Å². The highest BCUT2D eigenvalue weighted by Gasteiger charge is 2.31. The van der Waals surface area contributed by atoms with E-state index in [0.29, 0.717) is 11.6 Å². The van der Waals surface area contributed by atoms with Gasteiger partial charge in [0.25, 0.3) is 5.91 Å². The summed E-state index contributed by atoms with van der Waals surface area (Å²) >= 11 is 1.19. The van der Waals surface area contributed by atoms with E-state index in [0.717, 1.165) is 22.4 Å². The molecule has 0 spiro atoms. The fourth-order valence-electron chi connectivity index (χ4n) is 2.88. The van der Waals surface area contributed by atoms with E-state index in [-0.39, 0.29) is 30.6 Å². The van der Waals surface area contributed by atoms with Crippen LogP contribution in [0.1, 0.15) is 29.5 Å². The molecule has 0 radical (unpaired) electrons. The third kappa shape index (κ3) is 6.02. The van der Waals surface area contributed by atoms with Crippen molar-refractivity contribution in [1.82, 2.24) is 5.32 Å². The molecule has 2 N–H and O–H groups in total. The molecule has 3 amide bonds. The molecule has 6 nitrogen and oxygen atoms in total. The summed E-state index contributed by atoms with van der Waals surface area (Å²) < 4.78 is 0. The monoisotopic (exact) mass is 409 g/mol. The topological polar surface area (TPSA) is 87.6 Å². The fraction of sp³-hybridized carbons (Fsp3) is 0.273. The van der Waals surface area contributed by atoms with Gasteiger partial charge in [-0.1, -0.05) is 54.2 Å². The first-order valence-corrected chi connectivity index (χ1v) is 10.2. The number of carbonyl (C=O) groups excluding carboxylic acids is 3. The summed E-state index contributed by atoms with van der Waals surface area (Å²) in [4.78, 5) is 40.6. The second-order valence-electron chi connectivity index (χ2n) is 6.96. The van der Waals surface area contributed by atoms with Crippen molar-refractivity contribution in [1.29, 1.82) is 0 Å². The number of hydrogen-bond acceptors (Lipinski definition) is 4. The average Bonchev–Trinajstić information content (AvgIpc) is 3.02. The molecule has 0 aliphatic carbocycles. The smallest absolute Gasteiger partial charge is 0.260 e. The Labute approximate surface area is 174 Å². The van der Waals surface area contributed by atoms with Gasteiger partial charge in [0.15, 0.2) is 0 Å². The highest BCUT2D eigenvalue weighted by Crippen LogP contribution is 2.27. The van der Waals surface area contributed by atoms with E-state index >= 15 is 0 Å². The van der Waals surface area contributed by atoms with E-state index in [1.807, 2.05) is 62.4 Å². The number of thioether (sulfide) groups is 1. The van der Waals surface area contributed by atoms with Crippen molar-refractivity contribution in [2.75, 3.05) is 5.32 Å². The number of carbonyl (C=O) groups is 3. The normalized spacial score (nSPS) is 15.7. The lowest BCUT2D eigenvalue weighted by Crippen LogP contribution is -2.24. The molecule has 29 heavy (non-hydrogen) atoms. The molecule has 2 aromatic rings. The molecular formula is C22H23N3O3S. The molecule has 1 heterocycles. The lowest BCUT2D eigenvalue weighted by molar-refractivity contribution is -0.121. The molecule has 0 unspecified atom stereocenters. The van der Waals surface area contributed by atoms with Gasteiger partial charge in [-0.05, 0) is 36.6 Å². The Morgan fingerprint density at radius 2 is 1.83 bits per heavy atom. The van der Waals surface area contributed by atoms with E-state index in [9.17, 15) is 14.4 Å². The Kier molecular flexibility index (Phi) is 6.82. The molecular weight excluding hydrogens is 386 g/mol. The Bertz CT molecular complexity index is 957. The third-order valence-electron chi connectivity index (χ3n) is 4.47. The molecule has 0 fully saturated rings. The van der Waals surface area contributed by atoms with Crippen LogP contribution in [0.4, 0.5) is 5.69 Å². The van der Waals surface area contributed by atoms with Crippen molar-refractivity contribution in [3.05, 3.63) is 65.2 Å². The van der Waals surface area contributed by atoms with Gasteiger partial charge in [0, 0.05) is 18.7 Å². The molecule has 150 valence electrons. The van der Waals surface area contributed by atoms with Crippen LogP contribution in [0.2, 0.25) is 0 Å². The number of aliphatic imine (C=N–C) groups is 1. The maximum absolute atomic E-state index is 12.4. The lowest BCUT2D eigenvalue weighted by atomic mass is 10.1. The van der Waals surface area contributed by atoms with E-state index < -0.39 is 5.25 Å². The van der Waals surface area contributed by atoms with Crippen molar-refractivity contribution in [2.24, 2.45) is 4.99 Å². The maximum atomic E-state index is 12.4. The zero-order valence-electron chi connectivity index (χ0n) is 16.4. The van der Waals surface area contributed by atoms with Crippen LogP contribution < -0.4 is 10.6 Å². The van der Waals surface area contributed by atoms with Gasteiger partial charge in [-0.25, -0.2) is 4.99 Å². The highest BCUT2D eigenvalue weighted by atomic mass is 32.2. The quantitative estimate of drug-likeness (QED) is 0.734. The largest absolute Gasteiger partial charge is 0.352 e. The summed E-state index contributed by atoms with van der Waals surface area (Å²) in [6.45, 7) is 4.29. The molecule has 0 aromatic heterocycles. The van der Waals surface area contributed by atoms with Crippen LogP contribution in [0.25, 0.3) is 0 Å². The minimum absolute atomic E-state index is 0.0233. The number of hydrogen-bond donors (Lipinski definition) is 2. The van der Waals surface area contributed by atoms with Crippen LogP contribution in [0.5, 0.6) is 0 Å². The first-order valence-electron chi connectivity index (χ1n) is 9.36. The molecule has 0 saturated heterocycles. The third-order valence-corrected chi connectivity index (χ3v) is 5.63. The minimum atomic E-state index is -0.586. The molecule has 1 aliphatic heterocycles. The van der Waals surface area contributed by atoms with Crippen LogP contribution in [-0.4, -0.2) is 28.0 Å². The Morgan fingerprint density at radius 1 is 1.07 bits per heavy atom. The number of nitrogens with zero attached hydrogens (tertiary/aromatic N) is 1. The molecule has 0 bridgehead atoms. The zero-order chi connectivity index (χ0) is 20.8. The first-order chi connectivity index (χ1) is 13.9. The van der Waals surface area contributed by atoms with Gasteiger partial charge in [0.05, 0.1) is 11.5 Å². The first kappa shape index (κ1) is 20.8. The summed E-state index contributed by atoms with van der Waals surface area (Å²) in [6, 6.07) is 15.4. The van der Waals surface area contributed by atoms with Crippen molar-refractivity contribution < 1.29 is 14.4 Å². The van der Waals surface area contributed by atoms with Crippen molar-refractivity contribution >= 4 is 40.2 Å². The van der Waals surface area contributed by atoms with Crippen molar-refractivity contribution in [2.45, 2.75) is 38.5 Å². The van der Waals surface area contributed by atoms with Gasteiger partial charge in [0.2, 0.25) is 11.8 Å². The summed E-state index contributed by atoms with van der Waals surface area (Å²) in [7, 11) is 0. The molecule has 1 aliphatic rings. The molecule has 0 saturated carbocycles. The highest BCUT2D eigenvalue weighted by molar-refractivity contribution is 8.15. The summed E-state index contributed by atoms with van der Waals surface area (Å²) in [6.07, 6.45) is 0.0634. The van der Waals surface area contributed by atoms with Gasteiger partial charge in [-0.3, -0.25) is 14.4 Å². The van der Waals surface area contributed by atoms with Crippen molar-refractivity contribution in [3.63, 3.8) is 0 Å². The molecule has 7 heteroatoms. The van der Waals surface area contributed by atoms with Crippen LogP contribution >= 0.6 is 11.8 Å². The number of anilines is 1. The van der Waals surface area contributed by atoms with E-state index in [1.54, 1.807) is 0 Å². The van der Waals surface area contributed by atoms with Crippen molar-refractivity contribution in [3.8, 4) is 0 Å². The second-order valence-corrected chi connectivity index (χ2v) is 8.24. The van der Waals surface area contributed by atoms with Gasteiger partial charge >= 0.3 is 0 Å².